The molecule has 0 amide bonds. The lowest BCUT2D eigenvalue weighted by molar-refractivity contribution is 0.570. The van der Waals surface area contributed by atoms with Crippen LogP contribution in [-0.2, 0) is 5.41 Å². The zero-order chi connectivity index (χ0) is 14.2. The van der Waals surface area contributed by atoms with Crippen molar-refractivity contribution in [2.24, 2.45) is 0 Å². The lowest BCUT2D eigenvalue weighted by atomic mass is 9.87. The van der Waals surface area contributed by atoms with Gasteiger partial charge in [0, 0.05) is 26.2 Å². The van der Waals surface area contributed by atoms with Crippen LogP contribution < -0.4 is 10.2 Å². The standard InChI is InChI=1S/C16H22N3O/c1-16(2,3)12-5-6-14-13(11-12)18-15(20-14)19-9-4-7-17-8-10-19/h5-6,11H,4,7-10H2,1-3H3. The van der Waals surface area contributed by atoms with Crippen LogP contribution >= 0.6 is 0 Å². The van der Waals surface area contributed by atoms with Gasteiger partial charge in [0.05, 0.1) is 0 Å². The zero-order valence-electron chi connectivity index (χ0n) is 12.5. The van der Waals surface area contributed by atoms with E-state index >= 15 is 0 Å². The maximum Gasteiger partial charge on any atom is 0.298 e. The molecule has 0 N–H and O–H groups in total. The van der Waals surface area contributed by atoms with Crippen molar-refractivity contribution < 1.29 is 4.42 Å². The number of fused-ring (bicyclic) bond motifs is 1. The Bertz CT molecular complexity index is 589. The molecule has 1 aliphatic heterocycles. The maximum atomic E-state index is 5.90. The Morgan fingerprint density at radius 2 is 2.00 bits per heavy atom. The van der Waals surface area contributed by atoms with E-state index in [2.05, 4.69) is 48.1 Å². The van der Waals surface area contributed by atoms with E-state index in [0.29, 0.717) is 0 Å². The average Bonchev–Trinajstić information content (AvgIpc) is 2.63. The number of hydrogen-bond acceptors (Lipinski definition) is 3. The molecule has 1 aromatic carbocycles. The molecule has 0 unspecified atom stereocenters. The van der Waals surface area contributed by atoms with Gasteiger partial charge in [-0.2, -0.15) is 4.98 Å². The lowest BCUT2D eigenvalue weighted by Gasteiger charge is -2.18. The largest absolute Gasteiger partial charge is 0.423 e. The van der Waals surface area contributed by atoms with Crippen molar-refractivity contribution in [1.29, 1.82) is 0 Å². The second kappa shape index (κ2) is 5.09. The average molecular weight is 272 g/mol. The molecule has 4 heteroatoms. The fourth-order valence-corrected chi connectivity index (χ4v) is 2.50. The molecule has 1 aromatic heterocycles. The topological polar surface area (TPSA) is 43.4 Å². The molecular formula is C16H22N3O. The number of nitrogens with zero attached hydrogens (tertiary/aromatic N) is 3. The Morgan fingerprint density at radius 1 is 1.15 bits per heavy atom. The predicted octanol–water partition coefficient (Wildman–Crippen LogP) is 2.94. The Balaban J connectivity index is 1.93. The summed E-state index contributed by atoms with van der Waals surface area (Å²) in [6.07, 6.45) is 1.08. The number of aromatic nitrogens is 1. The first-order valence-electron chi connectivity index (χ1n) is 7.33. The summed E-state index contributed by atoms with van der Waals surface area (Å²) in [6.45, 7) is 10.3. The minimum absolute atomic E-state index is 0.134. The van der Waals surface area contributed by atoms with Gasteiger partial charge >= 0.3 is 0 Å². The first-order chi connectivity index (χ1) is 9.54. The van der Waals surface area contributed by atoms with E-state index in [4.69, 9.17) is 4.42 Å². The molecule has 2 heterocycles. The molecule has 0 spiro atoms. The third kappa shape index (κ3) is 2.66. The van der Waals surface area contributed by atoms with Gasteiger partial charge in [0.1, 0.15) is 5.52 Å². The molecular weight excluding hydrogens is 250 g/mol. The molecule has 1 aliphatic rings. The van der Waals surface area contributed by atoms with Crippen LogP contribution in [-0.4, -0.2) is 31.2 Å². The molecule has 107 valence electrons. The van der Waals surface area contributed by atoms with Crippen molar-refractivity contribution >= 4 is 17.1 Å². The highest BCUT2D eigenvalue weighted by atomic mass is 16.4. The number of rotatable bonds is 1. The summed E-state index contributed by atoms with van der Waals surface area (Å²) in [5.41, 5.74) is 3.24. The second-order valence-electron chi connectivity index (χ2n) is 6.44. The Morgan fingerprint density at radius 3 is 2.80 bits per heavy atom. The van der Waals surface area contributed by atoms with Gasteiger partial charge in [-0.15, -0.1) is 0 Å². The van der Waals surface area contributed by atoms with Crippen molar-refractivity contribution in [3.63, 3.8) is 0 Å². The number of benzene rings is 1. The molecule has 1 radical (unpaired) electrons. The van der Waals surface area contributed by atoms with Gasteiger partial charge in [0.25, 0.3) is 6.01 Å². The van der Waals surface area contributed by atoms with Crippen LogP contribution in [0.5, 0.6) is 0 Å². The number of hydrogen-bond donors (Lipinski definition) is 0. The van der Waals surface area contributed by atoms with Crippen LogP contribution in [0.1, 0.15) is 32.8 Å². The normalized spacial score (nSPS) is 17.4. The molecule has 0 bridgehead atoms. The highest BCUT2D eigenvalue weighted by molar-refractivity contribution is 5.75. The Hall–Kier alpha value is -1.55. The highest BCUT2D eigenvalue weighted by Gasteiger charge is 2.18. The summed E-state index contributed by atoms with van der Waals surface area (Å²) in [4.78, 5) is 6.87. The van der Waals surface area contributed by atoms with Crippen molar-refractivity contribution in [2.45, 2.75) is 32.6 Å². The second-order valence-corrected chi connectivity index (χ2v) is 6.44. The first-order valence-corrected chi connectivity index (χ1v) is 7.33. The summed E-state index contributed by atoms with van der Waals surface area (Å²) >= 11 is 0. The molecule has 3 rings (SSSR count). The van der Waals surface area contributed by atoms with Crippen LogP contribution in [0.25, 0.3) is 11.1 Å². The summed E-state index contributed by atoms with van der Waals surface area (Å²) in [5, 5.41) is 4.44. The SMILES string of the molecule is CC(C)(C)c1ccc2oc(N3CCC[N]CC3)nc2c1. The van der Waals surface area contributed by atoms with Crippen LogP contribution in [0.2, 0.25) is 0 Å². The highest BCUT2D eigenvalue weighted by Crippen LogP contribution is 2.28. The van der Waals surface area contributed by atoms with Crippen molar-refractivity contribution in [3.05, 3.63) is 23.8 Å². The summed E-state index contributed by atoms with van der Waals surface area (Å²) in [7, 11) is 0. The van der Waals surface area contributed by atoms with Crippen molar-refractivity contribution in [3.8, 4) is 0 Å². The fourth-order valence-electron chi connectivity index (χ4n) is 2.50. The fraction of sp³-hybridized carbons (Fsp3) is 0.562. The van der Waals surface area contributed by atoms with Gasteiger partial charge < -0.3 is 9.32 Å². The minimum Gasteiger partial charge on any atom is -0.423 e. The van der Waals surface area contributed by atoms with Gasteiger partial charge in [-0.05, 0) is 29.5 Å². The van der Waals surface area contributed by atoms with E-state index in [0.717, 1.165) is 49.7 Å². The molecule has 0 aliphatic carbocycles. The van der Waals surface area contributed by atoms with E-state index < -0.39 is 0 Å². The van der Waals surface area contributed by atoms with E-state index in [-0.39, 0.29) is 5.41 Å². The van der Waals surface area contributed by atoms with Crippen LogP contribution in [0.4, 0.5) is 6.01 Å². The number of anilines is 1. The van der Waals surface area contributed by atoms with E-state index in [9.17, 15) is 0 Å². The zero-order valence-corrected chi connectivity index (χ0v) is 12.5. The first kappa shape index (κ1) is 13.4. The van der Waals surface area contributed by atoms with Crippen LogP contribution in [0, 0.1) is 0 Å². The Kier molecular flexibility index (Phi) is 3.42. The van der Waals surface area contributed by atoms with Crippen LogP contribution in [0.15, 0.2) is 22.6 Å². The van der Waals surface area contributed by atoms with Crippen molar-refractivity contribution in [2.75, 3.05) is 31.1 Å². The smallest absolute Gasteiger partial charge is 0.298 e. The van der Waals surface area contributed by atoms with E-state index in [1.165, 1.54) is 5.56 Å². The summed E-state index contributed by atoms with van der Waals surface area (Å²) in [5.74, 6) is 0. The molecule has 0 saturated carbocycles. The number of oxazole rings is 1. The van der Waals surface area contributed by atoms with Gasteiger partial charge in [0.15, 0.2) is 5.58 Å². The maximum absolute atomic E-state index is 5.90. The van der Waals surface area contributed by atoms with E-state index in [1.54, 1.807) is 0 Å². The monoisotopic (exact) mass is 272 g/mol. The summed E-state index contributed by atoms with van der Waals surface area (Å²) in [6, 6.07) is 7.05. The molecule has 0 atom stereocenters. The van der Waals surface area contributed by atoms with Gasteiger partial charge in [-0.1, -0.05) is 26.8 Å². The molecule has 1 saturated heterocycles. The van der Waals surface area contributed by atoms with E-state index in [1.807, 2.05) is 6.07 Å². The molecule has 1 fully saturated rings. The molecule has 4 nitrogen and oxygen atoms in total. The Labute approximate surface area is 120 Å². The van der Waals surface area contributed by atoms with Gasteiger partial charge in [-0.25, -0.2) is 5.32 Å². The molecule has 20 heavy (non-hydrogen) atoms. The van der Waals surface area contributed by atoms with Gasteiger partial charge in [-0.3, -0.25) is 0 Å². The van der Waals surface area contributed by atoms with Crippen LogP contribution in [0.3, 0.4) is 0 Å². The predicted molar refractivity (Wildman–Crippen MR) is 81.4 cm³/mol. The minimum atomic E-state index is 0.134. The van der Waals surface area contributed by atoms with Crippen molar-refractivity contribution in [1.82, 2.24) is 10.3 Å². The third-order valence-electron chi connectivity index (χ3n) is 3.79. The van der Waals surface area contributed by atoms with Gasteiger partial charge in [0.2, 0.25) is 0 Å². The lowest BCUT2D eigenvalue weighted by Crippen LogP contribution is -2.26. The molecule has 2 aromatic rings. The third-order valence-corrected chi connectivity index (χ3v) is 3.79. The quantitative estimate of drug-likeness (QED) is 0.801. The summed E-state index contributed by atoms with van der Waals surface area (Å²) < 4.78 is 5.90.